The third-order valence-electron chi connectivity index (χ3n) is 7.37. The number of pyridine rings is 1. The Morgan fingerprint density at radius 2 is 1.58 bits per heavy atom. The molecule has 5 rings (SSSR count). The van der Waals surface area contributed by atoms with E-state index in [4.69, 9.17) is 4.74 Å². The van der Waals surface area contributed by atoms with Crippen LogP contribution in [-0.2, 0) is 26.1 Å². The lowest BCUT2D eigenvalue weighted by molar-refractivity contribution is 0.0949. The minimum atomic E-state index is 0.491. The van der Waals surface area contributed by atoms with Gasteiger partial charge in [0.25, 0.3) is 0 Å². The van der Waals surface area contributed by atoms with Gasteiger partial charge in [-0.15, -0.1) is 0 Å². The first-order chi connectivity index (χ1) is 17.7. The number of aryl methyl sites for hydroxylation is 1. The Morgan fingerprint density at radius 1 is 0.833 bits per heavy atom. The summed E-state index contributed by atoms with van der Waals surface area (Å²) in [7, 11) is 0. The Bertz CT molecular complexity index is 1220. The van der Waals surface area contributed by atoms with E-state index in [0.717, 1.165) is 31.7 Å². The van der Waals surface area contributed by atoms with Gasteiger partial charge in [-0.2, -0.15) is 0 Å². The Kier molecular flexibility index (Phi) is 7.78. The fraction of sp³-hybridized carbons (Fsp3) is 0.303. The first-order valence-corrected chi connectivity index (χ1v) is 13.1. The van der Waals surface area contributed by atoms with Crippen molar-refractivity contribution in [2.45, 2.75) is 58.3 Å². The number of ether oxygens (including phenoxy) is 1. The molecule has 2 unspecified atom stereocenters. The maximum absolute atomic E-state index is 6.02. The molecule has 0 aliphatic carbocycles. The maximum Gasteiger partial charge on any atom is 0.119 e. The molecule has 184 valence electrons. The van der Waals surface area contributed by atoms with Gasteiger partial charge in [0.2, 0.25) is 0 Å². The predicted molar refractivity (Wildman–Crippen MR) is 147 cm³/mol. The largest absolute Gasteiger partial charge is 0.489 e. The van der Waals surface area contributed by atoms with Crippen molar-refractivity contribution < 1.29 is 4.74 Å². The fourth-order valence-electron chi connectivity index (χ4n) is 5.71. The SMILES string of the molecule is CC(C)C1C(CCc2cccnc2)c2ccccc2CN1Cc1ccc(OCc2ccccc2)cc1. The summed E-state index contributed by atoms with van der Waals surface area (Å²) in [5, 5.41) is 0. The molecule has 0 bridgehead atoms. The standard InChI is InChI=1S/C33H36N2O/c1-25(2)33-32(19-16-26-11-8-20-34-21-26)31-13-7-6-12-29(31)23-35(33)22-27-14-17-30(18-15-27)36-24-28-9-4-3-5-10-28/h3-15,17-18,20-21,25,32-33H,16,19,22-24H2,1-2H3. The highest BCUT2D eigenvalue weighted by Crippen LogP contribution is 2.40. The molecule has 1 aliphatic rings. The van der Waals surface area contributed by atoms with Crippen molar-refractivity contribution >= 4 is 0 Å². The lowest BCUT2D eigenvalue weighted by atomic mass is 9.76. The summed E-state index contributed by atoms with van der Waals surface area (Å²) in [6.07, 6.45) is 6.06. The molecule has 1 aliphatic heterocycles. The van der Waals surface area contributed by atoms with Crippen LogP contribution in [0.4, 0.5) is 0 Å². The van der Waals surface area contributed by atoms with Crippen LogP contribution in [-0.4, -0.2) is 15.9 Å². The summed E-state index contributed by atoms with van der Waals surface area (Å²) in [6.45, 7) is 7.29. The van der Waals surface area contributed by atoms with Gasteiger partial charge in [-0.05, 0) is 64.8 Å². The van der Waals surface area contributed by atoms with Gasteiger partial charge >= 0.3 is 0 Å². The minimum absolute atomic E-state index is 0.491. The van der Waals surface area contributed by atoms with Crippen molar-refractivity contribution in [2.75, 3.05) is 0 Å². The van der Waals surface area contributed by atoms with E-state index >= 15 is 0 Å². The van der Waals surface area contributed by atoms with Crippen LogP contribution in [0.1, 0.15) is 54.0 Å². The monoisotopic (exact) mass is 476 g/mol. The second kappa shape index (κ2) is 11.5. The van der Waals surface area contributed by atoms with Crippen LogP contribution in [0.2, 0.25) is 0 Å². The van der Waals surface area contributed by atoms with Gasteiger partial charge in [-0.3, -0.25) is 9.88 Å². The number of rotatable bonds is 9. The summed E-state index contributed by atoms with van der Waals surface area (Å²) in [4.78, 5) is 7.03. The molecule has 36 heavy (non-hydrogen) atoms. The van der Waals surface area contributed by atoms with Crippen LogP contribution in [0.15, 0.2) is 103 Å². The molecule has 1 aromatic heterocycles. The van der Waals surface area contributed by atoms with Crippen molar-refractivity contribution in [1.29, 1.82) is 0 Å². The molecule has 2 atom stereocenters. The van der Waals surface area contributed by atoms with Crippen LogP contribution < -0.4 is 4.74 Å². The Hall–Kier alpha value is -3.43. The number of fused-ring (bicyclic) bond motifs is 1. The number of hydrogen-bond donors (Lipinski definition) is 0. The molecule has 4 aromatic rings. The van der Waals surface area contributed by atoms with Crippen molar-refractivity contribution in [3.63, 3.8) is 0 Å². The van der Waals surface area contributed by atoms with Crippen LogP contribution in [0, 0.1) is 5.92 Å². The zero-order valence-corrected chi connectivity index (χ0v) is 21.4. The zero-order chi connectivity index (χ0) is 24.7. The maximum atomic E-state index is 6.02. The molecule has 3 aromatic carbocycles. The van der Waals surface area contributed by atoms with Crippen molar-refractivity contribution in [1.82, 2.24) is 9.88 Å². The van der Waals surface area contributed by atoms with E-state index in [0.29, 0.717) is 24.5 Å². The molecule has 0 amide bonds. The predicted octanol–water partition coefficient (Wildman–Crippen LogP) is 7.42. The summed E-state index contributed by atoms with van der Waals surface area (Å²) >= 11 is 0. The molecule has 0 saturated heterocycles. The number of hydrogen-bond acceptors (Lipinski definition) is 3. The lowest BCUT2D eigenvalue weighted by Crippen LogP contribution is -2.46. The van der Waals surface area contributed by atoms with Gasteiger partial charge in [0, 0.05) is 37.4 Å². The first-order valence-electron chi connectivity index (χ1n) is 13.1. The zero-order valence-electron chi connectivity index (χ0n) is 21.4. The second-order valence-corrected chi connectivity index (χ2v) is 10.3. The molecule has 0 spiro atoms. The number of nitrogens with zero attached hydrogens (tertiary/aromatic N) is 2. The Morgan fingerprint density at radius 3 is 2.33 bits per heavy atom. The van der Waals surface area contributed by atoms with Crippen molar-refractivity contribution in [3.05, 3.63) is 131 Å². The highest BCUT2D eigenvalue weighted by atomic mass is 16.5. The van der Waals surface area contributed by atoms with Crippen LogP contribution in [0.25, 0.3) is 0 Å². The fourth-order valence-corrected chi connectivity index (χ4v) is 5.71. The van der Waals surface area contributed by atoms with E-state index < -0.39 is 0 Å². The Balaban J connectivity index is 1.32. The number of benzene rings is 3. The molecule has 0 N–H and O–H groups in total. The van der Waals surface area contributed by atoms with E-state index in [-0.39, 0.29) is 0 Å². The summed E-state index contributed by atoms with van der Waals surface area (Å²) < 4.78 is 6.02. The Labute approximate surface area is 215 Å². The van der Waals surface area contributed by atoms with E-state index in [2.05, 4.69) is 90.5 Å². The van der Waals surface area contributed by atoms with E-state index in [1.807, 2.05) is 36.7 Å². The summed E-state index contributed by atoms with van der Waals surface area (Å²) in [5.41, 5.74) is 6.83. The van der Waals surface area contributed by atoms with Crippen molar-refractivity contribution in [2.24, 2.45) is 5.92 Å². The van der Waals surface area contributed by atoms with E-state index in [1.165, 1.54) is 27.8 Å². The molecular formula is C33H36N2O. The molecule has 3 nitrogen and oxygen atoms in total. The third-order valence-corrected chi connectivity index (χ3v) is 7.37. The average Bonchev–Trinajstić information content (AvgIpc) is 2.92. The van der Waals surface area contributed by atoms with Crippen molar-refractivity contribution in [3.8, 4) is 5.75 Å². The second-order valence-electron chi connectivity index (χ2n) is 10.3. The third kappa shape index (κ3) is 5.85. The van der Waals surface area contributed by atoms with E-state index in [9.17, 15) is 0 Å². The smallest absolute Gasteiger partial charge is 0.119 e. The molecule has 3 heteroatoms. The van der Waals surface area contributed by atoms with Crippen LogP contribution >= 0.6 is 0 Å². The van der Waals surface area contributed by atoms with Gasteiger partial charge in [0.15, 0.2) is 0 Å². The van der Waals surface area contributed by atoms with Crippen LogP contribution in [0.3, 0.4) is 0 Å². The first kappa shape index (κ1) is 24.3. The molecule has 0 saturated carbocycles. The molecule has 0 fully saturated rings. The highest BCUT2D eigenvalue weighted by Gasteiger charge is 2.36. The number of aromatic nitrogens is 1. The molecular weight excluding hydrogens is 440 g/mol. The topological polar surface area (TPSA) is 25.4 Å². The van der Waals surface area contributed by atoms with Gasteiger partial charge < -0.3 is 4.74 Å². The lowest BCUT2D eigenvalue weighted by Gasteiger charge is -2.45. The van der Waals surface area contributed by atoms with Crippen LogP contribution in [0.5, 0.6) is 5.75 Å². The summed E-state index contributed by atoms with van der Waals surface area (Å²) in [6, 6.07) is 32.8. The molecule has 0 radical (unpaired) electrons. The van der Waals surface area contributed by atoms with Gasteiger partial charge in [-0.1, -0.05) is 86.6 Å². The average molecular weight is 477 g/mol. The summed E-state index contributed by atoms with van der Waals surface area (Å²) in [5.74, 6) is 1.98. The van der Waals surface area contributed by atoms with Gasteiger partial charge in [0.1, 0.15) is 12.4 Å². The van der Waals surface area contributed by atoms with Gasteiger partial charge in [0.05, 0.1) is 0 Å². The van der Waals surface area contributed by atoms with E-state index in [1.54, 1.807) is 0 Å². The highest BCUT2D eigenvalue weighted by molar-refractivity contribution is 5.35. The minimum Gasteiger partial charge on any atom is -0.489 e. The normalized spacial score (nSPS) is 17.6. The van der Waals surface area contributed by atoms with Gasteiger partial charge in [-0.25, -0.2) is 0 Å². The molecule has 2 heterocycles. The quantitative estimate of drug-likeness (QED) is 0.251.